The maximum atomic E-state index is 12.4. The minimum atomic E-state index is -0.244. The van der Waals surface area contributed by atoms with E-state index in [9.17, 15) is 14.4 Å². The van der Waals surface area contributed by atoms with Gasteiger partial charge in [-0.3, -0.25) is 14.4 Å². The Morgan fingerprint density at radius 2 is 1.68 bits per heavy atom. The SMILES string of the molecule is O=C(Cc1ccccc1Cl)N1CCN(C(=O)c2ccc(=O)[nH]c2)CC1. The highest BCUT2D eigenvalue weighted by molar-refractivity contribution is 6.31. The van der Waals surface area contributed by atoms with E-state index in [2.05, 4.69) is 4.98 Å². The van der Waals surface area contributed by atoms with Gasteiger partial charge in [-0.25, -0.2) is 0 Å². The first-order valence-corrected chi connectivity index (χ1v) is 8.41. The molecule has 0 radical (unpaired) electrons. The Balaban J connectivity index is 1.57. The van der Waals surface area contributed by atoms with E-state index < -0.39 is 0 Å². The number of hydrogen-bond acceptors (Lipinski definition) is 3. The molecule has 1 saturated heterocycles. The Hall–Kier alpha value is -2.60. The summed E-state index contributed by atoms with van der Waals surface area (Å²) in [6, 6.07) is 10.1. The van der Waals surface area contributed by atoms with Crippen molar-refractivity contribution in [2.24, 2.45) is 0 Å². The number of aromatic amines is 1. The summed E-state index contributed by atoms with van der Waals surface area (Å²) in [6.45, 7) is 1.90. The van der Waals surface area contributed by atoms with Gasteiger partial charge >= 0.3 is 0 Å². The van der Waals surface area contributed by atoms with E-state index in [0.29, 0.717) is 36.8 Å². The average molecular weight is 360 g/mol. The third kappa shape index (κ3) is 4.09. The zero-order valence-electron chi connectivity index (χ0n) is 13.6. The fourth-order valence-corrected chi connectivity index (χ4v) is 3.00. The normalized spacial score (nSPS) is 14.4. The summed E-state index contributed by atoms with van der Waals surface area (Å²) >= 11 is 6.10. The molecular weight excluding hydrogens is 342 g/mol. The molecule has 0 aliphatic carbocycles. The number of nitrogens with one attached hydrogen (secondary N) is 1. The van der Waals surface area contributed by atoms with Crippen molar-refractivity contribution in [3.8, 4) is 0 Å². The highest BCUT2D eigenvalue weighted by Crippen LogP contribution is 2.17. The lowest BCUT2D eigenvalue weighted by Gasteiger charge is -2.35. The van der Waals surface area contributed by atoms with Crippen molar-refractivity contribution in [2.75, 3.05) is 26.2 Å². The fourth-order valence-electron chi connectivity index (χ4n) is 2.80. The molecule has 130 valence electrons. The van der Waals surface area contributed by atoms with Gasteiger partial charge in [0.25, 0.3) is 5.91 Å². The van der Waals surface area contributed by atoms with Gasteiger partial charge in [0.05, 0.1) is 12.0 Å². The van der Waals surface area contributed by atoms with Gasteiger partial charge in [0.1, 0.15) is 0 Å². The number of carbonyl (C=O) groups is 2. The molecular formula is C18H18ClN3O3. The second-order valence-electron chi connectivity index (χ2n) is 5.88. The lowest BCUT2D eigenvalue weighted by Crippen LogP contribution is -2.51. The van der Waals surface area contributed by atoms with Crippen LogP contribution in [0.2, 0.25) is 5.02 Å². The largest absolute Gasteiger partial charge is 0.339 e. The van der Waals surface area contributed by atoms with Crippen LogP contribution in [0.5, 0.6) is 0 Å². The molecule has 1 aliphatic heterocycles. The standard InChI is InChI=1S/C18H18ClN3O3/c19-15-4-2-1-3-13(15)11-17(24)21-7-9-22(10-8-21)18(25)14-5-6-16(23)20-12-14/h1-6,12H,7-11H2,(H,20,23). The molecule has 25 heavy (non-hydrogen) atoms. The summed E-state index contributed by atoms with van der Waals surface area (Å²) in [5.41, 5.74) is 1.00. The van der Waals surface area contributed by atoms with Gasteiger partial charge in [0, 0.05) is 43.5 Å². The van der Waals surface area contributed by atoms with Crippen molar-refractivity contribution in [3.63, 3.8) is 0 Å². The molecule has 1 aromatic heterocycles. The van der Waals surface area contributed by atoms with Gasteiger partial charge in [-0.05, 0) is 17.7 Å². The lowest BCUT2D eigenvalue weighted by molar-refractivity contribution is -0.131. The molecule has 0 saturated carbocycles. The number of carbonyl (C=O) groups excluding carboxylic acids is 2. The second kappa shape index (κ2) is 7.53. The Morgan fingerprint density at radius 1 is 1.00 bits per heavy atom. The zero-order valence-corrected chi connectivity index (χ0v) is 14.3. The summed E-state index contributed by atoms with van der Waals surface area (Å²) in [6.07, 6.45) is 1.67. The van der Waals surface area contributed by atoms with E-state index in [1.807, 2.05) is 18.2 Å². The molecule has 0 unspecified atom stereocenters. The maximum Gasteiger partial charge on any atom is 0.255 e. The molecule has 0 atom stereocenters. The smallest absolute Gasteiger partial charge is 0.255 e. The molecule has 1 N–H and O–H groups in total. The summed E-state index contributed by atoms with van der Waals surface area (Å²) in [5, 5.41) is 0.586. The summed E-state index contributed by atoms with van der Waals surface area (Å²) in [7, 11) is 0. The zero-order chi connectivity index (χ0) is 17.8. The van der Waals surface area contributed by atoms with Crippen LogP contribution in [0.3, 0.4) is 0 Å². The van der Waals surface area contributed by atoms with Gasteiger partial charge in [0.15, 0.2) is 0 Å². The molecule has 6 nitrogen and oxygen atoms in total. The maximum absolute atomic E-state index is 12.4. The molecule has 2 amide bonds. The van der Waals surface area contributed by atoms with Gasteiger partial charge in [-0.1, -0.05) is 29.8 Å². The van der Waals surface area contributed by atoms with Gasteiger partial charge in [0.2, 0.25) is 11.5 Å². The predicted molar refractivity (Wildman–Crippen MR) is 94.7 cm³/mol. The highest BCUT2D eigenvalue weighted by atomic mass is 35.5. The third-order valence-electron chi connectivity index (χ3n) is 4.25. The van der Waals surface area contributed by atoms with Gasteiger partial charge < -0.3 is 14.8 Å². The Kier molecular flexibility index (Phi) is 5.19. The first-order valence-electron chi connectivity index (χ1n) is 8.04. The first-order chi connectivity index (χ1) is 12.0. The molecule has 1 aliphatic rings. The molecule has 7 heteroatoms. The van der Waals surface area contributed by atoms with E-state index >= 15 is 0 Å². The topological polar surface area (TPSA) is 73.5 Å². The van der Waals surface area contributed by atoms with E-state index in [1.54, 1.807) is 15.9 Å². The number of halogens is 1. The van der Waals surface area contributed by atoms with Crippen molar-refractivity contribution in [1.82, 2.24) is 14.8 Å². The van der Waals surface area contributed by atoms with Crippen molar-refractivity contribution in [3.05, 3.63) is 69.1 Å². The van der Waals surface area contributed by atoms with Crippen LogP contribution in [0, 0.1) is 0 Å². The quantitative estimate of drug-likeness (QED) is 0.903. The van der Waals surface area contributed by atoms with Crippen LogP contribution >= 0.6 is 11.6 Å². The van der Waals surface area contributed by atoms with Crippen molar-refractivity contribution in [1.29, 1.82) is 0 Å². The summed E-state index contributed by atoms with van der Waals surface area (Å²) in [5.74, 6) is -0.140. The Bertz CT molecular complexity index is 821. The van der Waals surface area contributed by atoms with Crippen molar-refractivity contribution >= 4 is 23.4 Å². The molecule has 0 bridgehead atoms. The minimum Gasteiger partial charge on any atom is -0.339 e. The third-order valence-corrected chi connectivity index (χ3v) is 4.62. The number of H-pyrrole nitrogens is 1. The Labute approximate surface area is 150 Å². The van der Waals surface area contributed by atoms with Gasteiger partial charge in [-0.2, -0.15) is 0 Å². The van der Waals surface area contributed by atoms with E-state index in [-0.39, 0.29) is 23.8 Å². The first kappa shape index (κ1) is 17.2. The van der Waals surface area contributed by atoms with Crippen LogP contribution in [-0.2, 0) is 11.2 Å². The van der Waals surface area contributed by atoms with E-state index in [0.717, 1.165) is 5.56 Å². The Morgan fingerprint density at radius 3 is 2.32 bits per heavy atom. The lowest BCUT2D eigenvalue weighted by atomic mass is 10.1. The van der Waals surface area contributed by atoms with Crippen molar-refractivity contribution in [2.45, 2.75) is 6.42 Å². The van der Waals surface area contributed by atoms with Crippen LogP contribution < -0.4 is 5.56 Å². The number of aromatic nitrogens is 1. The fraction of sp³-hybridized carbons (Fsp3) is 0.278. The van der Waals surface area contributed by atoms with Crippen LogP contribution in [0.4, 0.5) is 0 Å². The molecule has 2 aromatic rings. The van der Waals surface area contributed by atoms with Crippen LogP contribution in [0.15, 0.2) is 47.4 Å². The summed E-state index contributed by atoms with van der Waals surface area (Å²) in [4.78, 5) is 41.8. The average Bonchev–Trinajstić information content (AvgIpc) is 2.64. The highest BCUT2D eigenvalue weighted by Gasteiger charge is 2.25. The molecule has 1 fully saturated rings. The molecule has 1 aromatic carbocycles. The van der Waals surface area contributed by atoms with Crippen molar-refractivity contribution < 1.29 is 9.59 Å². The monoisotopic (exact) mass is 359 g/mol. The van der Waals surface area contributed by atoms with Crippen LogP contribution in [0.1, 0.15) is 15.9 Å². The number of amides is 2. The number of pyridine rings is 1. The number of benzene rings is 1. The molecule has 3 rings (SSSR count). The minimum absolute atomic E-state index is 0.00393. The predicted octanol–water partition coefficient (Wildman–Crippen LogP) is 1.56. The van der Waals surface area contributed by atoms with E-state index in [4.69, 9.17) is 11.6 Å². The molecule has 2 heterocycles. The number of nitrogens with zero attached hydrogens (tertiary/aromatic N) is 2. The summed E-state index contributed by atoms with van der Waals surface area (Å²) < 4.78 is 0. The van der Waals surface area contributed by atoms with E-state index in [1.165, 1.54) is 18.3 Å². The number of hydrogen-bond donors (Lipinski definition) is 1. The van der Waals surface area contributed by atoms with Crippen LogP contribution in [0.25, 0.3) is 0 Å². The van der Waals surface area contributed by atoms with Crippen LogP contribution in [-0.4, -0.2) is 52.8 Å². The molecule has 0 spiro atoms. The second-order valence-corrected chi connectivity index (χ2v) is 6.29. The number of rotatable bonds is 3. The van der Waals surface area contributed by atoms with Gasteiger partial charge in [-0.15, -0.1) is 0 Å². The number of piperazine rings is 1.